The summed E-state index contributed by atoms with van der Waals surface area (Å²) in [5.74, 6) is -2.75. The monoisotopic (exact) mass is 398 g/mol. The Morgan fingerprint density at radius 3 is 2.22 bits per heavy atom. The number of imide groups is 1. The Morgan fingerprint density at radius 1 is 1.11 bits per heavy atom. The van der Waals surface area contributed by atoms with Crippen LogP contribution in [0.25, 0.3) is 0 Å². The van der Waals surface area contributed by atoms with Crippen molar-refractivity contribution in [3.8, 4) is 5.75 Å². The van der Waals surface area contributed by atoms with Gasteiger partial charge in [-0.3, -0.25) is 14.5 Å². The highest BCUT2D eigenvalue weighted by atomic mass is 19.4. The quantitative estimate of drug-likeness (QED) is 0.588. The Bertz CT molecular complexity index is 801. The summed E-state index contributed by atoms with van der Waals surface area (Å²) < 4.78 is 83.1. The van der Waals surface area contributed by atoms with Crippen molar-refractivity contribution in [3.63, 3.8) is 0 Å². The Hall–Kier alpha value is -2.76. The largest absolute Gasteiger partial charge is 0.495 e. The third kappa shape index (κ3) is 4.15. The number of alkyl halides is 6. The van der Waals surface area contributed by atoms with Crippen LogP contribution in [-0.4, -0.2) is 42.1 Å². The van der Waals surface area contributed by atoms with Crippen molar-refractivity contribution in [2.45, 2.75) is 12.4 Å². The van der Waals surface area contributed by atoms with Crippen LogP contribution >= 0.6 is 0 Å². The number of nitrogens with zero attached hydrogens (tertiary/aromatic N) is 1. The van der Waals surface area contributed by atoms with Gasteiger partial charge in [0.25, 0.3) is 11.8 Å². The number of benzene rings is 1. The third-order valence-corrected chi connectivity index (χ3v) is 3.55. The van der Waals surface area contributed by atoms with Crippen LogP contribution in [0.2, 0.25) is 0 Å². The number of aliphatic hydroxyl groups is 1. The molecule has 2 amide bonds. The van der Waals surface area contributed by atoms with Gasteiger partial charge in [-0.25, -0.2) is 0 Å². The van der Waals surface area contributed by atoms with Gasteiger partial charge < -0.3 is 15.2 Å². The molecular weight excluding hydrogens is 386 g/mol. The third-order valence-electron chi connectivity index (χ3n) is 3.55. The topological polar surface area (TPSA) is 78.9 Å². The molecule has 0 spiro atoms. The lowest BCUT2D eigenvalue weighted by Gasteiger charge is -2.20. The van der Waals surface area contributed by atoms with Crippen LogP contribution in [-0.2, 0) is 21.9 Å². The molecule has 0 saturated heterocycles. The summed E-state index contributed by atoms with van der Waals surface area (Å²) in [7, 11) is 0.856. The van der Waals surface area contributed by atoms with Gasteiger partial charge in [0.1, 0.15) is 11.4 Å². The molecule has 12 heteroatoms. The number of amides is 2. The lowest BCUT2D eigenvalue weighted by atomic mass is 10.1. The minimum absolute atomic E-state index is 0.127. The van der Waals surface area contributed by atoms with E-state index in [1.54, 1.807) is 0 Å². The lowest BCUT2D eigenvalue weighted by molar-refractivity contribution is -0.143. The number of aliphatic hydroxyl groups excluding tert-OH is 1. The highest BCUT2D eigenvalue weighted by Gasteiger charge is 2.41. The average molecular weight is 398 g/mol. The molecule has 0 bridgehead atoms. The highest BCUT2D eigenvalue weighted by Crippen LogP contribution is 2.44. The van der Waals surface area contributed by atoms with E-state index < -0.39 is 65.6 Å². The van der Waals surface area contributed by atoms with Gasteiger partial charge in [0.15, 0.2) is 0 Å². The fourth-order valence-electron chi connectivity index (χ4n) is 2.34. The van der Waals surface area contributed by atoms with E-state index in [0.29, 0.717) is 17.0 Å². The van der Waals surface area contributed by atoms with Crippen molar-refractivity contribution in [1.29, 1.82) is 0 Å². The lowest BCUT2D eigenvalue weighted by Crippen LogP contribution is -2.34. The van der Waals surface area contributed by atoms with Crippen LogP contribution in [0.15, 0.2) is 23.9 Å². The van der Waals surface area contributed by atoms with E-state index >= 15 is 0 Å². The molecule has 2 N–H and O–H groups in total. The predicted octanol–water partition coefficient (Wildman–Crippen LogP) is 2.39. The first-order chi connectivity index (χ1) is 12.4. The Labute approximate surface area is 148 Å². The second-order valence-corrected chi connectivity index (χ2v) is 5.30. The summed E-state index contributed by atoms with van der Waals surface area (Å²) in [6.45, 7) is -0.967. The van der Waals surface area contributed by atoms with E-state index in [9.17, 15) is 35.9 Å². The number of carbonyl (C=O) groups is 2. The molecule has 1 aliphatic heterocycles. The summed E-state index contributed by atoms with van der Waals surface area (Å²) in [5, 5.41) is 10.9. The zero-order chi connectivity index (χ0) is 20.6. The normalized spacial score (nSPS) is 15.3. The smallest absolute Gasteiger partial charge is 0.418 e. The molecular formula is C15H12F6N2O4. The summed E-state index contributed by atoms with van der Waals surface area (Å²) in [6, 6.07) is 0.211. The minimum Gasteiger partial charge on any atom is -0.495 e. The van der Waals surface area contributed by atoms with E-state index in [1.807, 2.05) is 5.32 Å². The fourth-order valence-corrected chi connectivity index (χ4v) is 2.34. The number of nitrogens with one attached hydrogen (secondary N) is 1. The number of hydrogen-bond donors (Lipinski definition) is 2. The zero-order valence-corrected chi connectivity index (χ0v) is 13.5. The SMILES string of the molecule is COc1cc(C(F)(F)F)cc(C(F)(F)F)c1NC1=CC(=O)N(CCO)C1=O. The molecule has 0 aliphatic carbocycles. The molecule has 0 atom stereocenters. The van der Waals surface area contributed by atoms with E-state index in [1.165, 1.54) is 0 Å². The molecule has 0 radical (unpaired) electrons. The number of ether oxygens (including phenoxy) is 1. The molecule has 2 rings (SSSR count). The van der Waals surface area contributed by atoms with E-state index in [4.69, 9.17) is 5.11 Å². The molecule has 27 heavy (non-hydrogen) atoms. The van der Waals surface area contributed by atoms with Gasteiger partial charge in [-0.1, -0.05) is 0 Å². The van der Waals surface area contributed by atoms with Crippen LogP contribution in [0.5, 0.6) is 5.75 Å². The average Bonchev–Trinajstić information content (AvgIpc) is 2.80. The van der Waals surface area contributed by atoms with Crippen molar-refractivity contribution in [1.82, 2.24) is 4.90 Å². The Kier molecular flexibility index (Phi) is 5.40. The van der Waals surface area contributed by atoms with Crippen molar-refractivity contribution in [3.05, 3.63) is 35.0 Å². The summed E-state index contributed by atoms with van der Waals surface area (Å²) in [5.41, 5.74) is -4.87. The minimum atomic E-state index is -5.21. The van der Waals surface area contributed by atoms with E-state index in [-0.39, 0.29) is 6.07 Å². The Balaban J connectivity index is 2.55. The van der Waals surface area contributed by atoms with E-state index in [0.717, 1.165) is 7.11 Å². The summed E-state index contributed by atoms with van der Waals surface area (Å²) >= 11 is 0. The fraction of sp³-hybridized carbons (Fsp3) is 0.333. The molecule has 148 valence electrons. The van der Waals surface area contributed by atoms with Crippen LogP contribution < -0.4 is 10.1 Å². The number of rotatable bonds is 5. The maximum atomic E-state index is 13.3. The van der Waals surface area contributed by atoms with Crippen LogP contribution in [0.1, 0.15) is 11.1 Å². The molecule has 1 aromatic rings. The molecule has 6 nitrogen and oxygen atoms in total. The van der Waals surface area contributed by atoms with Crippen molar-refractivity contribution >= 4 is 17.5 Å². The molecule has 1 aromatic carbocycles. The molecule has 0 fully saturated rings. The number of hydrogen-bond acceptors (Lipinski definition) is 5. The molecule has 0 aromatic heterocycles. The maximum absolute atomic E-state index is 13.3. The van der Waals surface area contributed by atoms with Gasteiger partial charge in [-0.05, 0) is 12.1 Å². The van der Waals surface area contributed by atoms with Crippen LogP contribution in [0.3, 0.4) is 0 Å². The number of anilines is 1. The van der Waals surface area contributed by atoms with Crippen molar-refractivity contribution in [2.24, 2.45) is 0 Å². The van der Waals surface area contributed by atoms with Gasteiger partial charge >= 0.3 is 12.4 Å². The van der Waals surface area contributed by atoms with Gasteiger partial charge in [-0.2, -0.15) is 26.3 Å². The maximum Gasteiger partial charge on any atom is 0.418 e. The predicted molar refractivity (Wildman–Crippen MR) is 78.5 cm³/mol. The first-order valence-electron chi connectivity index (χ1n) is 7.22. The second-order valence-electron chi connectivity index (χ2n) is 5.30. The first kappa shape index (κ1) is 20.6. The molecule has 0 saturated carbocycles. The number of carbonyl (C=O) groups excluding carboxylic acids is 2. The van der Waals surface area contributed by atoms with Gasteiger partial charge in [0, 0.05) is 6.08 Å². The van der Waals surface area contributed by atoms with Gasteiger partial charge in [-0.15, -0.1) is 0 Å². The second kappa shape index (κ2) is 7.10. The first-order valence-corrected chi connectivity index (χ1v) is 7.22. The molecule has 1 heterocycles. The standard InChI is InChI=1S/C15H12F6N2O4/c1-27-10-5-7(14(16,17)18)4-8(15(19,20)21)12(10)22-9-6-11(25)23(2-3-24)13(9)26/h4-6,22,24H,2-3H2,1H3. The summed E-state index contributed by atoms with van der Waals surface area (Å²) in [4.78, 5) is 24.3. The van der Waals surface area contributed by atoms with Crippen molar-refractivity contribution < 1.29 is 45.8 Å². The van der Waals surface area contributed by atoms with Crippen molar-refractivity contribution in [2.75, 3.05) is 25.6 Å². The van der Waals surface area contributed by atoms with Gasteiger partial charge in [0.05, 0.1) is 37.1 Å². The molecule has 0 unspecified atom stereocenters. The zero-order valence-electron chi connectivity index (χ0n) is 13.5. The molecule has 1 aliphatic rings. The Morgan fingerprint density at radius 2 is 1.74 bits per heavy atom. The van der Waals surface area contributed by atoms with Crippen LogP contribution in [0, 0.1) is 0 Å². The summed E-state index contributed by atoms with van der Waals surface area (Å²) in [6.07, 6.45) is -9.61. The number of halogens is 6. The van der Waals surface area contributed by atoms with Crippen LogP contribution in [0.4, 0.5) is 32.0 Å². The highest BCUT2D eigenvalue weighted by molar-refractivity contribution is 6.17. The van der Waals surface area contributed by atoms with E-state index in [2.05, 4.69) is 4.74 Å². The van der Waals surface area contributed by atoms with Gasteiger partial charge in [0.2, 0.25) is 0 Å². The number of methoxy groups -OCH3 is 1. The number of β-amino-alcohol motifs (C(OH)–C–C–N with tert-alkyl or cyclic N) is 1.